The zero-order valence-electron chi connectivity index (χ0n) is 13.1. The molecule has 0 saturated heterocycles. The van der Waals surface area contributed by atoms with Crippen LogP contribution in [0.25, 0.3) is 0 Å². The molecule has 4 aliphatic carbocycles. The summed E-state index contributed by atoms with van der Waals surface area (Å²) < 4.78 is 0. The highest BCUT2D eigenvalue weighted by Crippen LogP contribution is 2.74. The summed E-state index contributed by atoms with van der Waals surface area (Å²) in [4.78, 5) is 24.2. The highest BCUT2D eigenvalue weighted by atomic mass is 16.1. The molecule has 2 atom stereocenters. The van der Waals surface area contributed by atoms with E-state index in [2.05, 4.69) is 13.8 Å². The number of amides is 1. The van der Waals surface area contributed by atoms with E-state index in [0.717, 1.165) is 32.1 Å². The number of nitrogens with two attached hydrogens (primary N) is 1. The zero-order chi connectivity index (χ0) is 14.8. The summed E-state index contributed by atoms with van der Waals surface area (Å²) in [6.45, 7) is 6.64. The Morgan fingerprint density at radius 3 is 1.95 bits per heavy atom. The van der Waals surface area contributed by atoms with Crippen molar-refractivity contribution >= 4 is 11.7 Å². The molecular formula is C17H27NO2. The highest BCUT2D eigenvalue weighted by Gasteiger charge is 2.67. The Bertz CT molecular complexity index is 463. The van der Waals surface area contributed by atoms with Gasteiger partial charge in [-0.1, -0.05) is 20.8 Å². The molecule has 2 N–H and O–H groups in total. The van der Waals surface area contributed by atoms with E-state index in [1.165, 1.54) is 6.42 Å². The van der Waals surface area contributed by atoms with Crippen molar-refractivity contribution in [2.45, 2.75) is 72.1 Å². The fraction of sp³-hybridized carbons (Fsp3) is 0.882. The van der Waals surface area contributed by atoms with Crippen LogP contribution < -0.4 is 5.73 Å². The minimum Gasteiger partial charge on any atom is -0.370 e. The van der Waals surface area contributed by atoms with Gasteiger partial charge < -0.3 is 5.73 Å². The molecule has 0 heterocycles. The largest absolute Gasteiger partial charge is 0.370 e. The van der Waals surface area contributed by atoms with E-state index in [9.17, 15) is 9.59 Å². The minimum absolute atomic E-state index is 0.00505. The monoisotopic (exact) mass is 277 g/mol. The Kier molecular flexibility index (Phi) is 2.72. The minimum atomic E-state index is -0.196. The van der Waals surface area contributed by atoms with Crippen molar-refractivity contribution in [1.82, 2.24) is 0 Å². The van der Waals surface area contributed by atoms with Gasteiger partial charge in [-0.15, -0.1) is 0 Å². The lowest BCUT2D eigenvalue weighted by Crippen LogP contribution is -2.62. The molecule has 4 fully saturated rings. The predicted molar refractivity (Wildman–Crippen MR) is 77.9 cm³/mol. The normalized spacial score (nSPS) is 49.4. The van der Waals surface area contributed by atoms with Crippen LogP contribution in [-0.2, 0) is 9.59 Å². The van der Waals surface area contributed by atoms with Gasteiger partial charge in [0.25, 0.3) is 0 Å². The molecule has 1 amide bonds. The summed E-state index contributed by atoms with van der Waals surface area (Å²) in [6.07, 6.45) is 7.43. The van der Waals surface area contributed by atoms with E-state index in [-0.39, 0.29) is 27.6 Å². The lowest BCUT2D eigenvalue weighted by atomic mass is 9.35. The molecule has 3 heteroatoms. The van der Waals surface area contributed by atoms with Crippen LogP contribution >= 0.6 is 0 Å². The van der Waals surface area contributed by atoms with Crippen molar-refractivity contribution in [3.8, 4) is 0 Å². The van der Waals surface area contributed by atoms with Crippen LogP contribution in [0.5, 0.6) is 0 Å². The number of hydrogen-bond donors (Lipinski definition) is 1. The third-order valence-electron chi connectivity index (χ3n) is 6.16. The van der Waals surface area contributed by atoms with E-state index >= 15 is 0 Å². The molecular weight excluding hydrogens is 250 g/mol. The molecule has 0 spiro atoms. The maximum atomic E-state index is 12.7. The SMILES string of the molecule is CCC(=O)C12CC3(C)CC(C)(CC(CC(N)=O)(C3)C1)C2. The lowest BCUT2D eigenvalue weighted by Gasteiger charge is -2.69. The number of rotatable bonds is 4. The zero-order valence-corrected chi connectivity index (χ0v) is 13.1. The summed E-state index contributed by atoms with van der Waals surface area (Å²) in [5.74, 6) is 0.223. The van der Waals surface area contributed by atoms with Crippen molar-refractivity contribution in [3.63, 3.8) is 0 Å². The van der Waals surface area contributed by atoms with Crippen molar-refractivity contribution in [2.75, 3.05) is 0 Å². The molecule has 2 unspecified atom stereocenters. The molecule has 0 aliphatic heterocycles. The van der Waals surface area contributed by atoms with Crippen molar-refractivity contribution in [2.24, 2.45) is 27.4 Å². The van der Waals surface area contributed by atoms with Gasteiger partial charge in [0.05, 0.1) is 0 Å². The smallest absolute Gasteiger partial charge is 0.217 e. The van der Waals surface area contributed by atoms with Gasteiger partial charge in [0.1, 0.15) is 5.78 Å². The first kappa shape index (κ1) is 14.1. The third kappa shape index (κ3) is 1.93. The van der Waals surface area contributed by atoms with E-state index in [1.807, 2.05) is 6.92 Å². The van der Waals surface area contributed by atoms with E-state index in [0.29, 0.717) is 18.6 Å². The van der Waals surface area contributed by atoms with Crippen molar-refractivity contribution in [3.05, 3.63) is 0 Å². The predicted octanol–water partition coefficient (Wildman–Crippen LogP) is 3.21. The summed E-state index contributed by atoms with van der Waals surface area (Å²) >= 11 is 0. The van der Waals surface area contributed by atoms with Gasteiger partial charge in [-0.05, 0) is 54.8 Å². The lowest BCUT2D eigenvalue weighted by molar-refractivity contribution is -0.196. The number of carbonyl (C=O) groups excluding carboxylic acids is 2. The molecule has 0 radical (unpaired) electrons. The van der Waals surface area contributed by atoms with Gasteiger partial charge in [-0.3, -0.25) is 9.59 Å². The quantitative estimate of drug-likeness (QED) is 0.857. The fourth-order valence-electron chi connectivity index (χ4n) is 7.17. The Morgan fingerprint density at radius 2 is 1.50 bits per heavy atom. The van der Waals surface area contributed by atoms with Gasteiger partial charge in [0.2, 0.25) is 5.91 Å². The Labute approximate surface area is 121 Å². The Morgan fingerprint density at radius 1 is 0.950 bits per heavy atom. The topological polar surface area (TPSA) is 60.2 Å². The van der Waals surface area contributed by atoms with Crippen LogP contribution in [0.1, 0.15) is 72.1 Å². The van der Waals surface area contributed by atoms with Crippen LogP contribution in [0.4, 0.5) is 0 Å². The van der Waals surface area contributed by atoms with E-state index in [4.69, 9.17) is 5.73 Å². The van der Waals surface area contributed by atoms with E-state index < -0.39 is 0 Å². The maximum absolute atomic E-state index is 12.7. The number of ketones is 1. The first-order chi connectivity index (χ1) is 9.14. The van der Waals surface area contributed by atoms with Crippen LogP contribution in [0.2, 0.25) is 0 Å². The molecule has 4 bridgehead atoms. The summed E-state index contributed by atoms with van der Waals surface area (Å²) in [6, 6.07) is 0. The molecule has 3 nitrogen and oxygen atoms in total. The second-order valence-corrected chi connectivity index (χ2v) is 8.88. The van der Waals surface area contributed by atoms with E-state index in [1.54, 1.807) is 0 Å². The molecule has 4 saturated carbocycles. The van der Waals surface area contributed by atoms with Crippen LogP contribution in [-0.4, -0.2) is 11.7 Å². The number of Topliss-reactive ketones (excluding diaryl/α,β-unsaturated/α-hetero) is 1. The standard InChI is InChI=1S/C17H27NO2/c1-4-12(19)17-9-14(2)6-15(3,10-17)8-16(7-14,11-17)5-13(18)20/h4-11H2,1-3H3,(H2,18,20). The van der Waals surface area contributed by atoms with Gasteiger partial charge in [-0.2, -0.15) is 0 Å². The first-order valence-corrected chi connectivity index (χ1v) is 7.96. The molecule has 0 aromatic rings. The van der Waals surface area contributed by atoms with Gasteiger partial charge >= 0.3 is 0 Å². The number of primary amides is 1. The van der Waals surface area contributed by atoms with Gasteiger partial charge in [-0.25, -0.2) is 0 Å². The summed E-state index contributed by atoms with van der Waals surface area (Å²) in [7, 11) is 0. The Hall–Kier alpha value is -0.860. The second kappa shape index (κ2) is 3.86. The number of hydrogen-bond acceptors (Lipinski definition) is 2. The molecule has 0 aromatic heterocycles. The molecule has 4 rings (SSSR count). The molecule has 20 heavy (non-hydrogen) atoms. The first-order valence-electron chi connectivity index (χ1n) is 7.96. The maximum Gasteiger partial charge on any atom is 0.217 e. The summed E-state index contributed by atoms with van der Waals surface area (Å²) in [5, 5.41) is 0. The van der Waals surface area contributed by atoms with Crippen LogP contribution in [0, 0.1) is 21.7 Å². The number of carbonyl (C=O) groups is 2. The second-order valence-electron chi connectivity index (χ2n) is 8.88. The Balaban J connectivity index is 2.05. The van der Waals surface area contributed by atoms with Crippen molar-refractivity contribution < 1.29 is 9.59 Å². The van der Waals surface area contributed by atoms with Gasteiger partial charge in [0, 0.05) is 18.3 Å². The highest BCUT2D eigenvalue weighted by molar-refractivity contribution is 5.85. The average molecular weight is 277 g/mol. The fourth-order valence-corrected chi connectivity index (χ4v) is 7.17. The third-order valence-corrected chi connectivity index (χ3v) is 6.16. The molecule has 0 aromatic carbocycles. The average Bonchev–Trinajstić information content (AvgIpc) is 2.20. The molecule has 112 valence electrons. The van der Waals surface area contributed by atoms with Gasteiger partial charge in [0.15, 0.2) is 0 Å². The molecule has 4 aliphatic rings. The van der Waals surface area contributed by atoms with Crippen molar-refractivity contribution in [1.29, 1.82) is 0 Å². The summed E-state index contributed by atoms with van der Waals surface area (Å²) in [5.41, 5.74) is 5.81. The van der Waals surface area contributed by atoms with Crippen LogP contribution in [0.3, 0.4) is 0 Å². The van der Waals surface area contributed by atoms with Crippen LogP contribution in [0.15, 0.2) is 0 Å².